The Morgan fingerprint density at radius 2 is 1.74 bits per heavy atom. The van der Waals surface area contributed by atoms with E-state index in [1.165, 1.54) is 6.92 Å². The quantitative estimate of drug-likeness (QED) is 0.584. The summed E-state index contributed by atoms with van der Waals surface area (Å²) < 4.78 is 42.4. The molecule has 0 aliphatic heterocycles. The van der Waals surface area contributed by atoms with Crippen LogP contribution in [0.15, 0.2) is 24.3 Å². The van der Waals surface area contributed by atoms with Crippen molar-refractivity contribution in [3.8, 4) is 0 Å². The summed E-state index contributed by atoms with van der Waals surface area (Å²) in [4.78, 5) is 34.9. The molecule has 150 valence electrons. The average Bonchev–Trinajstić information content (AvgIpc) is 2.59. The van der Waals surface area contributed by atoms with Crippen LogP contribution in [0.25, 0.3) is 0 Å². The van der Waals surface area contributed by atoms with E-state index in [1.807, 2.05) is 0 Å². The van der Waals surface area contributed by atoms with Crippen molar-refractivity contribution in [3.05, 3.63) is 35.4 Å². The third-order valence-electron chi connectivity index (χ3n) is 3.69. The number of aliphatic hydroxyl groups is 1. The van der Waals surface area contributed by atoms with Crippen molar-refractivity contribution >= 4 is 17.8 Å². The number of hydrogen-bond donors (Lipinski definition) is 3. The van der Waals surface area contributed by atoms with Gasteiger partial charge < -0.3 is 20.3 Å². The Kier molecular flexibility index (Phi) is 7.77. The van der Waals surface area contributed by atoms with Gasteiger partial charge >= 0.3 is 18.1 Å². The number of esters is 1. The van der Waals surface area contributed by atoms with Crippen LogP contribution < -0.4 is 5.32 Å². The molecule has 10 heteroatoms. The number of aliphatic hydroxyl groups excluding tert-OH is 1. The molecule has 0 unspecified atom stereocenters. The Hall–Kier alpha value is -2.62. The fourth-order valence-corrected chi connectivity index (χ4v) is 2.21. The van der Waals surface area contributed by atoms with E-state index in [0.29, 0.717) is 12.1 Å². The third-order valence-corrected chi connectivity index (χ3v) is 3.69. The van der Waals surface area contributed by atoms with Crippen molar-refractivity contribution in [1.82, 2.24) is 5.32 Å². The smallest absolute Gasteiger partial charge is 0.416 e. The van der Waals surface area contributed by atoms with Gasteiger partial charge in [0, 0.05) is 0 Å². The lowest BCUT2D eigenvalue weighted by molar-refractivity contribution is -0.150. The molecular formula is C17H20F3NO6. The van der Waals surface area contributed by atoms with E-state index >= 15 is 0 Å². The lowest BCUT2D eigenvalue weighted by Crippen LogP contribution is -2.44. The molecule has 0 radical (unpaired) electrons. The van der Waals surface area contributed by atoms with Crippen LogP contribution in [0.2, 0.25) is 0 Å². The van der Waals surface area contributed by atoms with E-state index in [4.69, 9.17) is 4.74 Å². The number of ether oxygens (including phenoxy) is 1. The van der Waals surface area contributed by atoms with Crippen molar-refractivity contribution in [2.24, 2.45) is 5.92 Å². The van der Waals surface area contributed by atoms with Gasteiger partial charge in [0.25, 0.3) is 5.91 Å². The SMILES string of the molecule is CCOC(=O)[C@H](C)C[C@@H](NC(=O)[C@H](O)c1ccc(C(F)(F)F)cc1)C(=O)O. The maximum Gasteiger partial charge on any atom is 0.416 e. The summed E-state index contributed by atoms with van der Waals surface area (Å²) in [7, 11) is 0. The molecule has 0 aromatic heterocycles. The first kappa shape index (κ1) is 22.4. The Balaban J connectivity index is 2.80. The first-order valence-electron chi connectivity index (χ1n) is 8.02. The third kappa shape index (κ3) is 6.55. The van der Waals surface area contributed by atoms with Crippen LogP contribution in [0.5, 0.6) is 0 Å². The average molecular weight is 391 g/mol. The van der Waals surface area contributed by atoms with Gasteiger partial charge in [-0.1, -0.05) is 19.1 Å². The Morgan fingerprint density at radius 1 is 1.19 bits per heavy atom. The highest BCUT2D eigenvalue weighted by Crippen LogP contribution is 2.30. The molecule has 0 aliphatic rings. The number of alkyl halides is 3. The summed E-state index contributed by atoms with van der Waals surface area (Å²) in [5, 5.41) is 21.2. The topological polar surface area (TPSA) is 113 Å². The number of aliphatic carboxylic acids is 1. The van der Waals surface area contributed by atoms with Crippen LogP contribution in [-0.2, 0) is 25.3 Å². The minimum atomic E-state index is -4.57. The maximum absolute atomic E-state index is 12.5. The van der Waals surface area contributed by atoms with Gasteiger partial charge in [-0.2, -0.15) is 13.2 Å². The second-order valence-electron chi connectivity index (χ2n) is 5.81. The van der Waals surface area contributed by atoms with E-state index in [0.717, 1.165) is 12.1 Å². The van der Waals surface area contributed by atoms with Crippen molar-refractivity contribution in [2.45, 2.75) is 38.6 Å². The molecule has 3 N–H and O–H groups in total. The molecule has 1 amide bonds. The highest BCUT2D eigenvalue weighted by Gasteiger charge is 2.32. The number of carbonyl (C=O) groups is 3. The summed E-state index contributed by atoms with van der Waals surface area (Å²) in [6, 6.07) is 1.75. The zero-order valence-electron chi connectivity index (χ0n) is 14.6. The number of carbonyl (C=O) groups excluding carboxylic acids is 2. The van der Waals surface area contributed by atoms with Crippen LogP contribution in [0.4, 0.5) is 13.2 Å². The minimum Gasteiger partial charge on any atom is -0.480 e. The van der Waals surface area contributed by atoms with E-state index in [9.17, 15) is 37.8 Å². The van der Waals surface area contributed by atoms with Crippen molar-refractivity contribution in [2.75, 3.05) is 6.61 Å². The Labute approximate surface area is 153 Å². The molecule has 0 aliphatic carbocycles. The van der Waals surface area contributed by atoms with E-state index in [-0.39, 0.29) is 18.6 Å². The predicted molar refractivity (Wildman–Crippen MR) is 86.4 cm³/mol. The van der Waals surface area contributed by atoms with Crippen molar-refractivity contribution < 1.29 is 42.5 Å². The summed E-state index contributed by atoms with van der Waals surface area (Å²) in [6.07, 6.45) is -6.71. The van der Waals surface area contributed by atoms with Crippen molar-refractivity contribution in [1.29, 1.82) is 0 Å². The summed E-state index contributed by atoms with van der Waals surface area (Å²) in [6.45, 7) is 3.12. The zero-order chi connectivity index (χ0) is 20.8. The first-order valence-corrected chi connectivity index (χ1v) is 8.02. The zero-order valence-corrected chi connectivity index (χ0v) is 14.6. The van der Waals surface area contributed by atoms with Crippen LogP contribution in [0, 0.1) is 5.92 Å². The predicted octanol–water partition coefficient (Wildman–Crippen LogP) is 1.90. The fourth-order valence-electron chi connectivity index (χ4n) is 2.21. The first-order chi connectivity index (χ1) is 12.5. The number of rotatable bonds is 8. The van der Waals surface area contributed by atoms with Gasteiger partial charge in [0.1, 0.15) is 6.04 Å². The van der Waals surface area contributed by atoms with Gasteiger partial charge in [-0.05, 0) is 31.0 Å². The molecular weight excluding hydrogens is 371 g/mol. The van der Waals surface area contributed by atoms with E-state index < -0.39 is 47.6 Å². The standard InChI is InChI=1S/C17H20F3NO6/c1-3-27-16(26)9(2)8-12(15(24)25)21-14(23)13(22)10-4-6-11(7-5-10)17(18,19)20/h4-7,9,12-13,22H,3,8H2,1-2H3,(H,21,23)(H,24,25)/t9-,12-,13-/m1/s1. The number of halogens is 3. The molecule has 1 rings (SSSR count). The second-order valence-corrected chi connectivity index (χ2v) is 5.81. The summed E-state index contributed by atoms with van der Waals surface area (Å²) >= 11 is 0. The molecule has 0 saturated carbocycles. The van der Waals surface area contributed by atoms with Crippen LogP contribution >= 0.6 is 0 Å². The molecule has 1 aromatic rings. The van der Waals surface area contributed by atoms with Gasteiger partial charge in [-0.3, -0.25) is 9.59 Å². The molecule has 0 heterocycles. The number of amides is 1. The van der Waals surface area contributed by atoms with Gasteiger partial charge in [-0.25, -0.2) is 4.79 Å². The molecule has 0 spiro atoms. The number of hydrogen-bond acceptors (Lipinski definition) is 5. The molecule has 1 aromatic carbocycles. The Bertz CT molecular complexity index is 674. The highest BCUT2D eigenvalue weighted by molar-refractivity contribution is 5.87. The largest absolute Gasteiger partial charge is 0.480 e. The molecule has 0 bridgehead atoms. The number of benzene rings is 1. The molecule has 27 heavy (non-hydrogen) atoms. The molecule has 7 nitrogen and oxygen atoms in total. The van der Waals surface area contributed by atoms with Crippen LogP contribution in [0.3, 0.4) is 0 Å². The van der Waals surface area contributed by atoms with Gasteiger partial charge in [-0.15, -0.1) is 0 Å². The second kappa shape index (κ2) is 9.36. The molecule has 0 saturated heterocycles. The summed E-state index contributed by atoms with van der Waals surface area (Å²) in [5.41, 5.74) is -1.09. The monoisotopic (exact) mass is 391 g/mol. The normalized spacial score (nSPS) is 14.7. The number of carboxylic acid groups (broad SMARTS) is 1. The minimum absolute atomic E-state index is 0.111. The van der Waals surface area contributed by atoms with E-state index in [2.05, 4.69) is 5.32 Å². The fraction of sp³-hybridized carbons (Fsp3) is 0.471. The summed E-state index contributed by atoms with van der Waals surface area (Å²) in [5.74, 6) is -4.01. The number of nitrogens with one attached hydrogen (secondary N) is 1. The molecule has 3 atom stereocenters. The maximum atomic E-state index is 12.5. The Morgan fingerprint density at radius 3 is 2.19 bits per heavy atom. The van der Waals surface area contributed by atoms with Gasteiger partial charge in [0.2, 0.25) is 0 Å². The van der Waals surface area contributed by atoms with Crippen LogP contribution in [0.1, 0.15) is 37.5 Å². The van der Waals surface area contributed by atoms with Crippen molar-refractivity contribution in [3.63, 3.8) is 0 Å². The van der Waals surface area contributed by atoms with Gasteiger partial charge in [0.05, 0.1) is 18.1 Å². The van der Waals surface area contributed by atoms with E-state index in [1.54, 1.807) is 6.92 Å². The van der Waals surface area contributed by atoms with Gasteiger partial charge in [0.15, 0.2) is 6.10 Å². The van der Waals surface area contributed by atoms with Crippen LogP contribution in [-0.4, -0.2) is 40.7 Å². The molecule has 0 fully saturated rings. The lowest BCUT2D eigenvalue weighted by atomic mass is 10.0. The number of carboxylic acids is 1. The lowest BCUT2D eigenvalue weighted by Gasteiger charge is -2.20. The highest BCUT2D eigenvalue weighted by atomic mass is 19.4.